The highest BCUT2D eigenvalue weighted by atomic mass is 32.2. The van der Waals surface area contributed by atoms with Crippen molar-refractivity contribution in [1.29, 1.82) is 0 Å². The number of nitrogens with zero attached hydrogens (tertiary/aromatic N) is 2. The van der Waals surface area contributed by atoms with Gasteiger partial charge in [-0.2, -0.15) is 4.37 Å². The van der Waals surface area contributed by atoms with Crippen molar-refractivity contribution in [3.05, 3.63) is 5.82 Å². The molecule has 7 heteroatoms. The van der Waals surface area contributed by atoms with Gasteiger partial charge in [-0.15, -0.1) is 0 Å². The maximum atomic E-state index is 11.4. The number of aromatic nitrogens is 2. The monoisotopic (exact) mass is 275 g/mol. The zero-order chi connectivity index (χ0) is 12.5. The molecule has 1 saturated heterocycles. The standard InChI is InChI=1S/C10H17N3O2S2/c1-7(2)5-11-10-12-9(13-16-10)8-3-4-17(14,15)6-8/h7-8H,3-6H2,1-2H3,(H,11,12,13). The van der Waals surface area contributed by atoms with Gasteiger partial charge < -0.3 is 5.32 Å². The number of anilines is 1. The predicted octanol–water partition coefficient (Wildman–Crippen LogP) is 1.51. The average Bonchev–Trinajstić information content (AvgIpc) is 2.81. The van der Waals surface area contributed by atoms with Gasteiger partial charge in [-0.05, 0) is 12.3 Å². The van der Waals surface area contributed by atoms with Crippen LogP contribution in [0.1, 0.15) is 32.0 Å². The number of hydrogen-bond acceptors (Lipinski definition) is 6. The largest absolute Gasteiger partial charge is 0.360 e. The molecule has 0 aliphatic carbocycles. The Morgan fingerprint density at radius 3 is 2.88 bits per heavy atom. The maximum absolute atomic E-state index is 11.4. The van der Waals surface area contributed by atoms with E-state index in [0.717, 1.165) is 11.7 Å². The highest BCUT2D eigenvalue weighted by Crippen LogP contribution is 2.28. The molecule has 1 N–H and O–H groups in total. The molecular weight excluding hydrogens is 258 g/mol. The fourth-order valence-electron chi connectivity index (χ4n) is 1.76. The minimum Gasteiger partial charge on any atom is -0.360 e. The minimum absolute atomic E-state index is 0.00847. The van der Waals surface area contributed by atoms with E-state index in [-0.39, 0.29) is 17.4 Å². The second-order valence-corrected chi connectivity index (χ2v) is 7.81. The topological polar surface area (TPSA) is 72.0 Å². The van der Waals surface area contributed by atoms with E-state index >= 15 is 0 Å². The van der Waals surface area contributed by atoms with Crippen LogP contribution >= 0.6 is 11.5 Å². The van der Waals surface area contributed by atoms with Gasteiger partial charge in [-0.25, -0.2) is 13.4 Å². The Morgan fingerprint density at radius 2 is 2.29 bits per heavy atom. The normalized spacial score (nSPS) is 23.1. The molecule has 1 unspecified atom stereocenters. The van der Waals surface area contributed by atoms with Gasteiger partial charge in [-0.1, -0.05) is 13.8 Å². The van der Waals surface area contributed by atoms with Crippen molar-refractivity contribution in [3.8, 4) is 0 Å². The first kappa shape index (κ1) is 12.8. The minimum atomic E-state index is -2.86. The van der Waals surface area contributed by atoms with Gasteiger partial charge in [0.25, 0.3) is 0 Å². The molecule has 1 aromatic heterocycles. The molecule has 0 aromatic carbocycles. The van der Waals surface area contributed by atoms with Crippen LogP contribution in [-0.2, 0) is 9.84 Å². The second-order valence-electron chi connectivity index (χ2n) is 4.83. The molecule has 0 saturated carbocycles. The molecule has 0 bridgehead atoms. The summed E-state index contributed by atoms with van der Waals surface area (Å²) in [5, 5.41) is 3.99. The van der Waals surface area contributed by atoms with E-state index in [2.05, 4.69) is 28.5 Å². The Bertz CT molecular complexity index is 481. The van der Waals surface area contributed by atoms with Crippen molar-refractivity contribution in [3.63, 3.8) is 0 Å². The van der Waals surface area contributed by atoms with Crippen LogP contribution in [0.2, 0.25) is 0 Å². The summed E-state index contributed by atoms with van der Waals surface area (Å²) in [6, 6.07) is 0. The van der Waals surface area contributed by atoms with E-state index in [4.69, 9.17) is 0 Å². The molecule has 96 valence electrons. The Balaban J connectivity index is 1.99. The molecule has 0 radical (unpaired) electrons. The van der Waals surface area contributed by atoms with Crippen LogP contribution in [-0.4, -0.2) is 35.8 Å². The quantitative estimate of drug-likeness (QED) is 0.901. The summed E-state index contributed by atoms with van der Waals surface area (Å²) in [5.41, 5.74) is 0. The SMILES string of the molecule is CC(C)CNc1nc(C2CCS(=O)(=O)C2)ns1. The molecule has 1 fully saturated rings. The highest BCUT2D eigenvalue weighted by molar-refractivity contribution is 7.91. The second kappa shape index (κ2) is 4.89. The van der Waals surface area contributed by atoms with Gasteiger partial charge in [0, 0.05) is 24.0 Å². The van der Waals surface area contributed by atoms with Crippen molar-refractivity contribution in [2.24, 2.45) is 5.92 Å². The summed E-state index contributed by atoms with van der Waals surface area (Å²) in [4.78, 5) is 4.36. The fourth-order valence-corrected chi connectivity index (χ4v) is 4.15. The average molecular weight is 275 g/mol. The summed E-state index contributed by atoms with van der Waals surface area (Å²) in [6.45, 7) is 5.11. The summed E-state index contributed by atoms with van der Waals surface area (Å²) >= 11 is 1.31. The van der Waals surface area contributed by atoms with Gasteiger partial charge in [0.05, 0.1) is 11.5 Å². The van der Waals surface area contributed by atoms with Crippen molar-refractivity contribution in [1.82, 2.24) is 9.36 Å². The van der Waals surface area contributed by atoms with Crippen molar-refractivity contribution < 1.29 is 8.42 Å². The molecule has 5 nitrogen and oxygen atoms in total. The number of rotatable bonds is 4. The van der Waals surface area contributed by atoms with Crippen LogP contribution in [0.15, 0.2) is 0 Å². The smallest absolute Gasteiger partial charge is 0.202 e. The lowest BCUT2D eigenvalue weighted by atomic mass is 10.1. The first-order valence-electron chi connectivity index (χ1n) is 5.74. The van der Waals surface area contributed by atoms with Crippen LogP contribution in [0.5, 0.6) is 0 Å². The van der Waals surface area contributed by atoms with E-state index in [1.165, 1.54) is 11.5 Å². The third-order valence-corrected chi connectivity index (χ3v) is 5.16. The summed E-state index contributed by atoms with van der Waals surface area (Å²) in [5.74, 6) is 1.70. The molecule has 2 heterocycles. The Morgan fingerprint density at radius 1 is 1.53 bits per heavy atom. The molecule has 1 aromatic rings. The molecule has 1 atom stereocenters. The highest BCUT2D eigenvalue weighted by Gasteiger charge is 2.31. The lowest BCUT2D eigenvalue weighted by Crippen LogP contribution is -2.08. The van der Waals surface area contributed by atoms with E-state index in [0.29, 0.717) is 18.2 Å². The van der Waals surface area contributed by atoms with Crippen LogP contribution in [0.25, 0.3) is 0 Å². The zero-order valence-corrected chi connectivity index (χ0v) is 11.6. The van der Waals surface area contributed by atoms with Gasteiger partial charge >= 0.3 is 0 Å². The Hall–Kier alpha value is -0.690. The maximum Gasteiger partial charge on any atom is 0.202 e. The lowest BCUT2D eigenvalue weighted by molar-refractivity contribution is 0.601. The molecule has 17 heavy (non-hydrogen) atoms. The van der Waals surface area contributed by atoms with Crippen molar-refractivity contribution in [2.45, 2.75) is 26.2 Å². The third kappa shape index (κ3) is 3.38. The van der Waals surface area contributed by atoms with E-state index in [9.17, 15) is 8.42 Å². The molecule has 0 spiro atoms. The van der Waals surface area contributed by atoms with Crippen LogP contribution in [0, 0.1) is 5.92 Å². The van der Waals surface area contributed by atoms with E-state index < -0.39 is 9.84 Å². The predicted molar refractivity (Wildman–Crippen MR) is 69.2 cm³/mol. The van der Waals surface area contributed by atoms with Gasteiger partial charge in [0.1, 0.15) is 5.82 Å². The van der Waals surface area contributed by atoms with Gasteiger partial charge in [0.2, 0.25) is 5.13 Å². The number of sulfone groups is 1. The summed E-state index contributed by atoms with van der Waals surface area (Å²) < 4.78 is 27.0. The molecular formula is C10H17N3O2S2. The molecule has 0 amide bonds. The van der Waals surface area contributed by atoms with Crippen molar-refractivity contribution in [2.75, 3.05) is 23.4 Å². The number of hydrogen-bond donors (Lipinski definition) is 1. The molecule has 1 aliphatic heterocycles. The zero-order valence-electron chi connectivity index (χ0n) is 10.0. The molecule has 1 aliphatic rings. The van der Waals surface area contributed by atoms with Crippen molar-refractivity contribution >= 4 is 26.5 Å². The van der Waals surface area contributed by atoms with Crippen LogP contribution < -0.4 is 5.32 Å². The number of nitrogens with one attached hydrogen (secondary N) is 1. The van der Waals surface area contributed by atoms with Crippen LogP contribution in [0.3, 0.4) is 0 Å². The Labute approximate surface area is 106 Å². The van der Waals surface area contributed by atoms with Gasteiger partial charge in [0.15, 0.2) is 9.84 Å². The van der Waals surface area contributed by atoms with E-state index in [1.807, 2.05) is 0 Å². The first-order valence-corrected chi connectivity index (χ1v) is 8.33. The van der Waals surface area contributed by atoms with Gasteiger partial charge in [-0.3, -0.25) is 0 Å². The first-order chi connectivity index (χ1) is 7.96. The third-order valence-electron chi connectivity index (χ3n) is 2.70. The summed E-state index contributed by atoms with van der Waals surface area (Å²) in [7, 11) is -2.86. The fraction of sp³-hybridized carbons (Fsp3) is 0.800. The lowest BCUT2D eigenvalue weighted by Gasteiger charge is -2.04. The Kier molecular flexibility index (Phi) is 3.67. The van der Waals surface area contributed by atoms with E-state index in [1.54, 1.807) is 0 Å². The summed E-state index contributed by atoms with van der Waals surface area (Å²) in [6.07, 6.45) is 0.655. The van der Waals surface area contributed by atoms with Crippen LogP contribution in [0.4, 0.5) is 5.13 Å². The molecule has 2 rings (SSSR count).